The number of nitrogens with one attached hydrogen (secondary N) is 1. The molecule has 1 saturated carbocycles. The first kappa shape index (κ1) is 17.6. The SMILES string of the molecule is CC(=O)N[C@@H]1C[C@@H](c2nc(-c3ccccc3)nn2C(C)C)CC[C@H]1O. The van der Waals surface area contributed by atoms with Crippen LogP contribution in [-0.2, 0) is 4.79 Å². The Morgan fingerprint density at radius 2 is 2.00 bits per heavy atom. The number of nitrogens with zero attached hydrogens (tertiary/aromatic N) is 3. The van der Waals surface area contributed by atoms with Crippen molar-refractivity contribution in [1.82, 2.24) is 20.1 Å². The highest BCUT2D eigenvalue weighted by atomic mass is 16.3. The fourth-order valence-corrected chi connectivity index (χ4v) is 3.51. The van der Waals surface area contributed by atoms with Crippen LogP contribution in [0.2, 0.25) is 0 Å². The van der Waals surface area contributed by atoms with E-state index in [4.69, 9.17) is 10.1 Å². The second-order valence-corrected chi connectivity index (χ2v) is 7.08. The Labute approximate surface area is 148 Å². The molecule has 25 heavy (non-hydrogen) atoms. The van der Waals surface area contributed by atoms with E-state index >= 15 is 0 Å². The monoisotopic (exact) mass is 342 g/mol. The lowest BCUT2D eigenvalue weighted by molar-refractivity contribution is -0.121. The second kappa shape index (κ2) is 7.35. The zero-order valence-corrected chi connectivity index (χ0v) is 15.0. The van der Waals surface area contributed by atoms with Gasteiger partial charge in [-0.3, -0.25) is 4.79 Å². The van der Waals surface area contributed by atoms with Gasteiger partial charge in [-0.2, -0.15) is 5.10 Å². The van der Waals surface area contributed by atoms with Crippen LogP contribution in [0, 0.1) is 0 Å². The summed E-state index contributed by atoms with van der Waals surface area (Å²) in [5.41, 5.74) is 0.998. The first-order valence-electron chi connectivity index (χ1n) is 8.92. The van der Waals surface area contributed by atoms with E-state index in [1.54, 1.807) is 0 Å². The number of aliphatic hydroxyl groups excluding tert-OH is 1. The maximum absolute atomic E-state index is 11.4. The van der Waals surface area contributed by atoms with Crippen LogP contribution >= 0.6 is 0 Å². The molecule has 0 aliphatic heterocycles. The Morgan fingerprint density at radius 1 is 1.28 bits per heavy atom. The number of carbonyl (C=O) groups is 1. The van der Waals surface area contributed by atoms with Crippen molar-refractivity contribution in [3.8, 4) is 11.4 Å². The van der Waals surface area contributed by atoms with Crippen LogP contribution in [0.1, 0.15) is 57.8 Å². The predicted octanol–water partition coefficient (Wildman–Crippen LogP) is 2.66. The molecule has 1 aromatic heterocycles. The summed E-state index contributed by atoms with van der Waals surface area (Å²) in [6.07, 6.45) is 1.68. The average molecular weight is 342 g/mol. The normalized spacial score (nSPS) is 23.6. The summed E-state index contributed by atoms with van der Waals surface area (Å²) in [7, 11) is 0. The summed E-state index contributed by atoms with van der Waals surface area (Å²) in [6, 6.07) is 9.93. The lowest BCUT2D eigenvalue weighted by Crippen LogP contribution is -2.46. The number of amides is 1. The van der Waals surface area contributed by atoms with Gasteiger partial charge in [-0.25, -0.2) is 9.67 Å². The second-order valence-electron chi connectivity index (χ2n) is 7.08. The molecule has 6 nitrogen and oxygen atoms in total. The highest BCUT2D eigenvalue weighted by molar-refractivity contribution is 5.73. The predicted molar refractivity (Wildman–Crippen MR) is 96.0 cm³/mol. The number of hydrogen-bond donors (Lipinski definition) is 2. The highest BCUT2D eigenvalue weighted by Crippen LogP contribution is 2.34. The molecule has 1 fully saturated rings. The Balaban J connectivity index is 1.90. The molecule has 0 spiro atoms. The number of benzene rings is 1. The largest absolute Gasteiger partial charge is 0.391 e. The Kier molecular flexibility index (Phi) is 5.18. The minimum Gasteiger partial charge on any atom is -0.391 e. The standard InChI is InChI=1S/C19H26N4O2/c1-12(2)23-19(21-18(22-23)14-7-5-4-6-8-14)15-9-10-17(25)16(11-15)20-13(3)24/h4-8,12,15-17,25H,9-11H2,1-3H3,(H,20,24)/t15-,16+,17+/m0/s1. The van der Waals surface area contributed by atoms with E-state index in [0.717, 1.165) is 23.6 Å². The van der Waals surface area contributed by atoms with Crippen molar-refractivity contribution in [2.75, 3.05) is 0 Å². The zero-order chi connectivity index (χ0) is 18.0. The van der Waals surface area contributed by atoms with Crippen molar-refractivity contribution in [3.05, 3.63) is 36.2 Å². The number of aromatic nitrogens is 3. The van der Waals surface area contributed by atoms with Gasteiger partial charge in [0.25, 0.3) is 0 Å². The van der Waals surface area contributed by atoms with Gasteiger partial charge in [-0.15, -0.1) is 0 Å². The van der Waals surface area contributed by atoms with Crippen molar-refractivity contribution in [3.63, 3.8) is 0 Å². The zero-order valence-electron chi connectivity index (χ0n) is 15.0. The van der Waals surface area contributed by atoms with Crippen molar-refractivity contribution < 1.29 is 9.90 Å². The molecule has 1 aromatic carbocycles. The van der Waals surface area contributed by atoms with Gasteiger partial charge in [0, 0.05) is 24.4 Å². The fourth-order valence-electron chi connectivity index (χ4n) is 3.51. The lowest BCUT2D eigenvalue weighted by Gasteiger charge is -2.33. The molecule has 134 valence electrons. The van der Waals surface area contributed by atoms with Crippen molar-refractivity contribution in [2.45, 2.75) is 64.1 Å². The van der Waals surface area contributed by atoms with E-state index in [1.807, 2.05) is 35.0 Å². The summed E-state index contributed by atoms with van der Waals surface area (Å²) in [5, 5.41) is 17.8. The molecule has 0 unspecified atom stereocenters. The molecular formula is C19H26N4O2. The lowest BCUT2D eigenvalue weighted by atomic mass is 9.83. The smallest absolute Gasteiger partial charge is 0.217 e. The van der Waals surface area contributed by atoms with Gasteiger partial charge in [-0.1, -0.05) is 30.3 Å². The van der Waals surface area contributed by atoms with Crippen LogP contribution in [0.25, 0.3) is 11.4 Å². The number of hydrogen-bond acceptors (Lipinski definition) is 4. The summed E-state index contributed by atoms with van der Waals surface area (Å²) in [4.78, 5) is 16.2. The van der Waals surface area contributed by atoms with Crippen LogP contribution in [0.3, 0.4) is 0 Å². The number of aliphatic hydroxyl groups is 1. The molecule has 1 aliphatic rings. The highest BCUT2D eigenvalue weighted by Gasteiger charge is 2.33. The van der Waals surface area contributed by atoms with E-state index in [2.05, 4.69) is 19.2 Å². The van der Waals surface area contributed by atoms with Crippen molar-refractivity contribution in [1.29, 1.82) is 0 Å². The molecule has 3 rings (SSSR count). The fraction of sp³-hybridized carbons (Fsp3) is 0.526. The van der Waals surface area contributed by atoms with Gasteiger partial charge in [0.05, 0.1) is 12.1 Å². The van der Waals surface area contributed by atoms with Crippen LogP contribution in [0.4, 0.5) is 0 Å². The third-order valence-corrected chi connectivity index (χ3v) is 4.75. The summed E-state index contributed by atoms with van der Waals surface area (Å²) >= 11 is 0. The van der Waals surface area contributed by atoms with Crippen molar-refractivity contribution >= 4 is 5.91 Å². The summed E-state index contributed by atoms with van der Waals surface area (Å²) in [6.45, 7) is 5.67. The molecule has 3 atom stereocenters. The molecule has 6 heteroatoms. The number of carbonyl (C=O) groups excluding carboxylic acids is 1. The van der Waals surface area contributed by atoms with Crippen LogP contribution in [-0.4, -0.2) is 37.9 Å². The first-order chi connectivity index (χ1) is 12.0. The molecule has 2 aromatic rings. The van der Waals surface area contributed by atoms with E-state index in [0.29, 0.717) is 12.8 Å². The van der Waals surface area contributed by atoms with Crippen molar-refractivity contribution in [2.24, 2.45) is 0 Å². The van der Waals surface area contributed by atoms with Gasteiger partial charge < -0.3 is 10.4 Å². The third kappa shape index (κ3) is 3.90. The summed E-state index contributed by atoms with van der Waals surface area (Å²) < 4.78 is 1.98. The Bertz CT molecular complexity index is 726. The molecule has 0 saturated heterocycles. The van der Waals surface area contributed by atoms with E-state index in [-0.39, 0.29) is 23.9 Å². The maximum atomic E-state index is 11.4. The van der Waals surface area contributed by atoms with Gasteiger partial charge in [-0.05, 0) is 33.1 Å². The quantitative estimate of drug-likeness (QED) is 0.895. The van der Waals surface area contributed by atoms with Crippen LogP contribution < -0.4 is 5.32 Å². The van der Waals surface area contributed by atoms with Crippen LogP contribution in [0.5, 0.6) is 0 Å². The Hall–Kier alpha value is -2.21. The number of rotatable bonds is 4. The van der Waals surface area contributed by atoms with Crippen LogP contribution in [0.15, 0.2) is 30.3 Å². The molecule has 1 amide bonds. The summed E-state index contributed by atoms with van der Waals surface area (Å²) in [5.74, 6) is 1.73. The van der Waals surface area contributed by atoms with E-state index in [9.17, 15) is 9.90 Å². The Morgan fingerprint density at radius 3 is 2.64 bits per heavy atom. The van der Waals surface area contributed by atoms with Gasteiger partial charge in [0.2, 0.25) is 5.91 Å². The molecule has 0 bridgehead atoms. The molecular weight excluding hydrogens is 316 g/mol. The molecule has 1 aliphatic carbocycles. The van der Waals surface area contributed by atoms with E-state index < -0.39 is 6.10 Å². The molecule has 1 heterocycles. The maximum Gasteiger partial charge on any atom is 0.217 e. The minimum absolute atomic E-state index is 0.111. The first-order valence-corrected chi connectivity index (χ1v) is 8.92. The van der Waals surface area contributed by atoms with Gasteiger partial charge in [0.1, 0.15) is 5.82 Å². The minimum atomic E-state index is -0.496. The van der Waals surface area contributed by atoms with E-state index in [1.165, 1.54) is 6.92 Å². The van der Waals surface area contributed by atoms with Gasteiger partial charge >= 0.3 is 0 Å². The molecule has 2 N–H and O–H groups in total. The molecule has 0 radical (unpaired) electrons. The third-order valence-electron chi connectivity index (χ3n) is 4.75. The average Bonchev–Trinajstić information content (AvgIpc) is 3.03. The van der Waals surface area contributed by atoms with Gasteiger partial charge in [0.15, 0.2) is 5.82 Å². The topological polar surface area (TPSA) is 80.0 Å².